The first-order valence-corrected chi connectivity index (χ1v) is 6.55. The summed E-state index contributed by atoms with van der Waals surface area (Å²) in [5, 5.41) is 9.01. The molecule has 1 aromatic carbocycles. The second-order valence-electron chi connectivity index (χ2n) is 4.14. The van der Waals surface area contributed by atoms with E-state index in [4.69, 9.17) is 15.6 Å². The van der Waals surface area contributed by atoms with Gasteiger partial charge in [0.25, 0.3) is 0 Å². The number of aliphatic carboxylic acids is 1. The molecule has 1 atom stereocenters. The van der Waals surface area contributed by atoms with Crippen LogP contribution in [-0.2, 0) is 4.79 Å². The Balaban J connectivity index is 3.17. The average molecular weight is 266 g/mol. The van der Waals surface area contributed by atoms with Crippen molar-refractivity contribution in [2.45, 2.75) is 26.8 Å². The van der Waals surface area contributed by atoms with E-state index in [0.717, 1.165) is 18.8 Å². The zero-order valence-electron chi connectivity index (χ0n) is 11.7. The van der Waals surface area contributed by atoms with E-state index in [2.05, 4.69) is 18.7 Å². The van der Waals surface area contributed by atoms with Crippen LogP contribution in [-0.4, -0.2) is 30.8 Å². The minimum Gasteiger partial charge on any atom is -0.493 e. The molecule has 0 unspecified atom stereocenters. The minimum atomic E-state index is -1.06. The SMILES string of the molecule is CCOc1cc(N(CC)CC)ccc1[C@H](N)C(=O)O. The number of nitrogens with two attached hydrogens (primary N) is 1. The molecule has 0 aromatic heterocycles. The first kappa shape index (κ1) is 15.3. The summed E-state index contributed by atoms with van der Waals surface area (Å²) in [6.45, 7) is 8.24. The van der Waals surface area contributed by atoms with Gasteiger partial charge in [0.05, 0.1) is 6.61 Å². The Kier molecular flexibility index (Phi) is 5.63. The topological polar surface area (TPSA) is 75.8 Å². The fourth-order valence-electron chi connectivity index (χ4n) is 1.98. The van der Waals surface area contributed by atoms with Crippen molar-refractivity contribution in [1.82, 2.24) is 0 Å². The highest BCUT2D eigenvalue weighted by Gasteiger charge is 2.20. The molecule has 0 spiro atoms. The number of hydrogen-bond donors (Lipinski definition) is 2. The Morgan fingerprint density at radius 3 is 2.47 bits per heavy atom. The second-order valence-corrected chi connectivity index (χ2v) is 4.14. The third kappa shape index (κ3) is 3.61. The predicted octanol–water partition coefficient (Wildman–Crippen LogP) is 2.02. The molecule has 3 N–H and O–H groups in total. The molecule has 0 saturated carbocycles. The fourth-order valence-corrected chi connectivity index (χ4v) is 1.98. The Morgan fingerprint density at radius 1 is 1.37 bits per heavy atom. The maximum absolute atomic E-state index is 11.0. The molecular weight excluding hydrogens is 244 g/mol. The van der Waals surface area contributed by atoms with Gasteiger partial charge in [-0.2, -0.15) is 0 Å². The smallest absolute Gasteiger partial charge is 0.325 e. The quantitative estimate of drug-likeness (QED) is 0.789. The molecule has 19 heavy (non-hydrogen) atoms. The second kappa shape index (κ2) is 6.99. The van der Waals surface area contributed by atoms with E-state index in [0.29, 0.717) is 17.9 Å². The van der Waals surface area contributed by atoms with Gasteiger partial charge in [-0.1, -0.05) is 6.07 Å². The van der Waals surface area contributed by atoms with Crippen LogP contribution < -0.4 is 15.4 Å². The number of carbonyl (C=O) groups is 1. The highest BCUT2D eigenvalue weighted by atomic mass is 16.5. The zero-order valence-corrected chi connectivity index (χ0v) is 11.7. The van der Waals surface area contributed by atoms with Crippen LogP contribution in [0.25, 0.3) is 0 Å². The molecule has 5 nitrogen and oxygen atoms in total. The summed E-state index contributed by atoms with van der Waals surface area (Å²) in [5.41, 5.74) is 7.18. The molecule has 1 rings (SSSR count). The fraction of sp³-hybridized carbons (Fsp3) is 0.500. The number of benzene rings is 1. The van der Waals surface area contributed by atoms with E-state index < -0.39 is 12.0 Å². The summed E-state index contributed by atoms with van der Waals surface area (Å²) in [7, 11) is 0. The lowest BCUT2D eigenvalue weighted by molar-refractivity contribution is -0.138. The van der Waals surface area contributed by atoms with Crippen LogP contribution in [0, 0.1) is 0 Å². The first-order chi connectivity index (χ1) is 9.04. The lowest BCUT2D eigenvalue weighted by Gasteiger charge is -2.23. The number of anilines is 1. The van der Waals surface area contributed by atoms with Gasteiger partial charge in [0, 0.05) is 30.4 Å². The standard InChI is InChI=1S/C14H22N2O3/c1-4-16(5-2)10-7-8-11(13(15)14(17)18)12(9-10)19-6-3/h7-9,13H,4-6,15H2,1-3H3,(H,17,18)/t13-/m0/s1. The summed E-state index contributed by atoms with van der Waals surface area (Å²) < 4.78 is 5.52. The predicted molar refractivity (Wildman–Crippen MR) is 75.7 cm³/mol. The molecule has 0 aliphatic carbocycles. The summed E-state index contributed by atoms with van der Waals surface area (Å²) in [6.07, 6.45) is 0. The van der Waals surface area contributed by atoms with Gasteiger partial charge < -0.3 is 20.5 Å². The summed E-state index contributed by atoms with van der Waals surface area (Å²) in [6, 6.07) is 4.41. The van der Waals surface area contributed by atoms with Gasteiger partial charge >= 0.3 is 5.97 Å². The first-order valence-electron chi connectivity index (χ1n) is 6.55. The van der Waals surface area contributed by atoms with E-state index in [1.807, 2.05) is 19.1 Å². The van der Waals surface area contributed by atoms with Gasteiger partial charge in [-0.05, 0) is 26.8 Å². The minimum absolute atomic E-state index is 0.473. The van der Waals surface area contributed by atoms with E-state index in [1.54, 1.807) is 6.07 Å². The Labute approximate surface area is 114 Å². The van der Waals surface area contributed by atoms with Crippen LogP contribution in [0.15, 0.2) is 18.2 Å². The van der Waals surface area contributed by atoms with E-state index in [9.17, 15) is 4.79 Å². The van der Waals surface area contributed by atoms with Crippen molar-refractivity contribution in [2.75, 3.05) is 24.6 Å². The number of carboxylic acids is 1. The largest absolute Gasteiger partial charge is 0.493 e. The molecule has 0 amide bonds. The van der Waals surface area contributed by atoms with Crippen molar-refractivity contribution in [3.05, 3.63) is 23.8 Å². The van der Waals surface area contributed by atoms with Crippen LogP contribution in [0.5, 0.6) is 5.75 Å². The summed E-state index contributed by atoms with van der Waals surface area (Å²) in [5.74, 6) is -0.515. The van der Waals surface area contributed by atoms with Gasteiger partial charge in [0.2, 0.25) is 0 Å². The number of carboxylic acid groups (broad SMARTS) is 1. The third-order valence-corrected chi connectivity index (χ3v) is 3.03. The van der Waals surface area contributed by atoms with Gasteiger partial charge in [-0.15, -0.1) is 0 Å². The van der Waals surface area contributed by atoms with Gasteiger partial charge in [-0.25, -0.2) is 0 Å². The molecule has 5 heteroatoms. The molecular formula is C14H22N2O3. The van der Waals surface area contributed by atoms with Crippen molar-refractivity contribution < 1.29 is 14.6 Å². The monoisotopic (exact) mass is 266 g/mol. The van der Waals surface area contributed by atoms with Crippen molar-refractivity contribution in [3.63, 3.8) is 0 Å². The molecule has 0 aliphatic heterocycles. The van der Waals surface area contributed by atoms with E-state index >= 15 is 0 Å². The molecule has 0 saturated heterocycles. The van der Waals surface area contributed by atoms with Crippen LogP contribution >= 0.6 is 0 Å². The maximum atomic E-state index is 11.0. The maximum Gasteiger partial charge on any atom is 0.325 e. The van der Waals surface area contributed by atoms with Gasteiger partial charge in [0.15, 0.2) is 0 Å². The third-order valence-electron chi connectivity index (χ3n) is 3.03. The molecule has 0 radical (unpaired) electrons. The van der Waals surface area contributed by atoms with Crippen molar-refractivity contribution in [2.24, 2.45) is 5.73 Å². The van der Waals surface area contributed by atoms with Crippen LogP contribution in [0.4, 0.5) is 5.69 Å². The highest BCUT2D eigenvalue weighted by Crippen LogP contribution is 2.29. The van der Waals surface area contributed by atoms with E-state index in [1.165, 1.54) is 0 Å². The molecule has 0 bridgehead atoms. The molecule has 0 fully saturated rings. The van der Waals surface area contributed by atoms with Crippen LogP contribution in [0.2, 0.25) is 0 Å². The molecule has 1 aromatic rings. The lowest BCUT2D eigenvalue weighted by atomic mass is 10.1. The van der Waals surface area contributed by atoms with Crippen molar-refractivity contribution >= 4 is 11.7 Å². The Hall–Kier alpha value is -1.75. The number of rotatable bonds is 7. The van der Waals surface area contributed by atoms with Crippen molar-refractivity contribution in [3.8, 4) is 5.75 Å². The van der Waals surface area contributed by atoms with E-state index in [-0.39, 0.29) is 0 Å². The number of nitrogens with zero attached hydrogens (tertiary/aromatic N) is 1. The van der Waals surface area contributed by atoms with Crippen LogP contribution in [0.3, 0.4) is 0 Å². The average Bonchev–Trinajstić information content (AvgIpc) is 2.40. The van der Waals surface area contributed by atoms with Crippen molar-refractivity contribution in [1.29, 1.82) is 0 Å². The number of hydrogen-bond acceptors (Lipinski definition) is 4. The molecule has 106 valence electrons. The van der Waals surface area contributed by atoms with Crippen LogP contribution in [0.1, 0.15) is 32.4 Å². The van der Waals surface area contributed by atoms with Gasteiger partial charge in [-0.3, -0.25) is 4.79 Å². The Morgan fingerprint density at radius 2 is 2.00 bits per heavy atom. The Bertz CT molecular complexity index is 431. The zero-order chi connectivity index (χ0) is 14.4. The molecule has 0 aliphatic rings. The molecule has 0 heterocycles. The summed E-state index contributed by atoms with van der Waals surface area (Å²) in [4.78, 5) is 13.2. The number of ether oxygens (including phenoxy) is 1. The summed E-state index contributed by atoms with van der Waals surface area (Å²) >= 11 is 0. The normalized spacial score (nSPS) is 12.0. The highest BCUT2D eigenvalue weighted by molar-refractivity contribution is 5.77. The lowest BCUT2D eigenvalue weighted by Crippen LogP contribution is -2.24. The van der Waals surface area contributed by atoms with Gasteiger partial charge in [0.1, 0.15) is 11.8 Å².